The lowest BCUT2D eigenvalue weighted by atomic mass is 9.99. The van der Waals surface area contributed by atoms with Crippen LogP contribution in [0.2, 0.25) is 0 Å². The van der Waals surface area contributed by atoms with Gasteiger partial charge in [0.25, 0.3) is 0 Å². The van der Waals surface area contributed by atoms with Crippen molar-refractivity contribution >= 4 is 0 Å². The van der Waals surface area contributed by atoms with Crippen molar-refractivity contribution in [2.75, 3.05) is 0 Å². The zero-order chi connectivity index (χ0) is 8.77. The molecule has 2 heteroatoms. The molecule has 0 bridgehead atoms. The fourth-order valence-corrected chi connectivity index (χ4v) is 1.66. The minimum atomic E-state index is 0.307. The molecule has 1 saturated carbocycles. The Morgan fingerprint density at radius 1 is 1.25 bits per heavy atom. The van der Waals surface area contributed by atoms with E-state index in [1.54, 1.807) is 0 Å². The van der Waals surface area contributed by atoms with Crippen LogP contribution in [0.5, 0.6) is 0 Å². The van der Waals surface area contributed by atoms with Crippen LogP contribution in [0.25, 0.3) is 0 Å². The fraction of sp³-hybridized carbons (Fsp3) is 0.800. The maximum absolute atomic E-state index is 4.35. The largest absolute Gasteiger partial charge is 0.187 e. The lowest BCUT2D eigenvalue weighted by Crippen LogP contribution is -2.09. The van der Waals surface area contributed by atoms with Crippen LogP contribution in [-0.4, -0.2) is 11.6 Å². The van der Waals surface area contributed by atoms with Gasteiger partial charge in [0.15, 0.2) is 0 Å². The monoisotopic (exact) mass is 164 g/mol. The first-order valence-corrected chi connectivity index (χ1v) is 4.69. The highest BCUT2D eigenvalue weighted by molar-refractivity contribution is 5.20. The fourth-order valence-electron chi connectivity index (χ4n) is 1.66. The van der Waals surface area contributed by atoms with Crippen LogP contribution in [0, 0.1) is 0 Å². The standard InChI is InChI=1S/C10H16N2/c1-7(2)8(3)9-6-10(4-5-10)12-11-9/h9H,4-6H2,1-3H3. The Bertz CT molecular complexity index is 255. The molecule has 1 spiro atoms. The third-order valence-electron chi connectivity index (χ3n) is 3.10. The van der Waals surface area contributed by atoms with Crippen LogP contribution in [0.1, 0.15) is 40.0 Å². The van der Waals surface area contributed by atoms with Crippen molar-refractivity contribution in [3.63, 3.8) is 0 Å². The lowest BCUT2D eigenvalue weighted by molar-refractivity contribution is 0.643. The highest BCUT2D eigenvalue weighted by Crippen LogP contribution is 2.49. The SMILES string of the molecule is CC(C)=C(C)C1CC2(CC2)N=N1. The molecule has 1 aliphatic heterocycles. The van der Waals surface area contributed by atoms with Gasteiger partial charge in [0.05, 0.1) is 11.6 Å². The van der Waals surface area contributed by atoms with Crippen LogP contribution in [0.15, 0.2) is 21.4 Å². The molecule has 1 atom stereocenters. The van der Waals surface area contributed by atoms with E-state index in [2.05, 4.69) is 31.0 Å². The molecule has 0 aromatic rings. The van der Waals surface area contributed by atoms with E-state index in [1.807, 2.05) is 0 Å². The second-order valence-electron chi connectivity index (χ2n) is 4.34. The molecule has 1 unspecified atom stereocenters. The van der Waals surface area contributed by atoms with Gasteiger partial charge < -0.3 is 0 Å². The van der Waals surface area contributed by atoms with Crippen molar-refractivity contribution in [2.24, 2.45) is 10.2 Å². The van der Waals surface area contributed by atoms with Gasteiger partial charge in [-0.2, -0.15) is 10.2 Å². The van der Waals surface area contributed by atoms with Gasteiger partial charge in [0, 0.05) is 6.42 Å². The molecule has 0 aromatic heterocycles. The summed E-state index contributed by atoms with van der Waals surface area (Å²) in [5.41, 5.74) is 3.13. The van der Waals surface area contributed by atoms with E-state index in [-0.39, 0.29) is 0 Å². The number of hydrogen-bond donors (Lipinski definition) is 0. The Labute approximate surface area is 73.8 Å². The van der Waals surface area contributed by atoms with Gasteiger partial charge in [0.1, 0.15) is 0 Å². The molecule has 0 N–H and O–H groups in total. The van der Waals surface area contributed by atoms with Crippen LogP contribution in [0.4, 0.5) is 0 Å². The summed E-state index contributed by atoms with van der Waals surface area (Å²) < 4.78 is 0. The third-order valence-corrected chi connectivity index (χ3v) is 3.10. The van der Waals surface area contributed by atoms with Gasteiger partial charge in [-0.3, -0.25) is 0 Å². The number of hydrogen-bond acceptors (Lipinski definition) is 2. The summed E-state index contributed by atoms with van der Waals surface area (Å²) in [6, 6.07) is 0.400. The molecule has 0 saturated heterocycles. The predicted molar refractivity (Wildman–Crippen MR) is 49.3 cm³/mol. The van der Waals surface area contributed by atoms with E-state index in [1.165, 1.54) is 30.4 Å². The summed E-state index contributed by atoms with van der Waals surface area (Å²) in [5, 5.41) is 8.69. The molecule has 12 heavy (non-hydrogen) atoms. The lowest BCUT2D eigenvalue weighted by Gasteiger charge is -2.08. The molecule has 0 amide bonds. The Morgan fingerprint density at radius 2 is 1.92 bits per heavy atom. The summed E-state index contributed by atoms with van der Waals surface area (Å²) in [4.78, 5) is 0. The van der Waals surface area contributed by atoms with Crippen molar-refractivity contribution in [3.8, 4) is 0 Å². The molecule has 66 valence electrons. The van der Waals surface area contributed by atoms with Crippen molar-refractivity contribution in [3.05, 3.63) is 11.1 Å². The Hall–Kier alpha value is -0.660. The van der Waals surface area contributed by atoms with E-state index in [0.717, 1.165) is 0 Å². The Balaban J connectivity index is 2.10. The van der Waals surface area contributed by atoms with E-state index in [0.29, 0.717) is 11.6 Å². The molecule has 1 fully saturated rings. The average molecular weight is 164 g/mol. The smallest absolute Gasteiger partial charge is 0.0941 e. The second kappa shape index (κ2) is 2.41. The van der Waals surface area contributed by atoms with Gasteiger partial charge in [0.2, 0.25) is 0 Å². The third kappa shape index (κ3) is 1.19. The molecule has 1 heterocycles. The summed E-state index contributed by atoms with van der Waals surface area (Å²) in [5.74, 6) is 0. The zero-order valence-corrected chi connectivity index (χ0v) is 8.09. The molecule has 2 aliphatic rings. The minimum Gasteiger partial charge on any atom is -0.187 e. The Kier molecular flexibility index (Phi) is 1.60. The summed E-state index contributed by atoms with van der Waals surface area (Å²) in [6.07, 6.45) is 3.70. The van der Waals surface area contributed by atoms with E-state index in [9.17, 15) is 0 Å². The first-order chi connectivity index (χ1) is 5.63. The molecule has 0 aromatic carbocycles. The molecule has 2 rings (SSSR count). The quantitative estimate of drug-likeness (QED) is 0.532. The van der Waals surface area contributed by atoms with Gasteiger partial charge >= 0.3 is 0 Å². The maximum atomic E-state index is 4.35. The van der Waals surface area contributed by atoms with E-state index < -0.39 is 0 Å². The van der Waals surface area contributed by atoms with E-state index in [4.69, 9.17) is 0 Å². The van der Waals surface area contributed by atoms with Crippen molar-refractivity contribution in [2.45, 2.75) is 51.6 Å². The van der Waals surface area contributed by atoms with Crippen molar-refractivity contribution in [1.82, 2.24) is 0 Å². The highest BCUT2D eigenvalue weighted by Gasteiger charge is 2.48. The molecular weight excluding hydrogens is 148 g/mol. The van der Waals surface area contributed by atoms with Crippen LogP contribution in [-0.2, 0) is 0 Å². The highest BCUT2D eigenvalue weighted by atomic mass is 15.2. The van der Waals surface area contributed by atoms with Crippen molar-refractivity contribution < 1.29 is 0 Å². The van der Waals surface area contributed by atoms with Crippen LogP contribution >= 0.6 is 0 Å². The summed E-state index contributed by atoms with van der Waals surface area (Å²) >= 11 is 0. The average Bonchev–Trinajstić information content (AvgIpc) is 2.61. The Morgan fingerprint density at radius 3 is 2.33 bits per heavy atom. The first kappa shape index (κ1) is 7.96. The number of allylic oxidation sites excluding steroid dienone is 1. The van der Waals surface area contributed by atoms with Crippen molar-refractivity contribution in [1.29, 1.82) is 0 Å². The van der Waals surface area contributed by atoms with E-state index >= 15 is 0 Å². The van der Waals surface area contributed by atoms with Gasteiger partial charge in [-0.15, -0.1) is 0 Å². The predicted octanol–water partition coefficient (Wildman–Crippen LogP) is 3.10. The summed E-state index contributed by atoms with van der Waals surface area (Å²) in [7, 11) is 0. The maximum Gasteiger partial charge on any atom is 0.0941 e. The minimum absolute atomic E-state index is 0.307. The normalized spacial score (nSPS) is 29.4. The second-order valence-corrected chi connectivity index (χ2v) is 4.34. The van der Waals surface area contributed by atoms with Crippen LogP contribution in [0.3, 0.4) is 0 Å². The van der Waals surface area contributed by atoms with Gasteiger partial charge in [-0.1, -0.05) is 5.57 Å². The van der Waals surface area contributed by atoms with Gasteiger partial charge in [-0.25, -0.2) is 0 Å². The van der Waals surface area contributed by atoms with Gasteiger partial charge in [-0.05, 0) is 39.2 Å². The molecular formula is C10H16N2. The number of nitrogens with zero attached hydrogens (tertiary/aromatic N) is 2. The molecule has 2 nitrogen and oxygen atoms in total. The topological polar surface area (TPSA) is 24.7 Å². The summed E-state index contributed by atoms with van der Waals surface area (Å²) in [6.45, 7) is 6.49. The molecule has 0 radical (unpaired) electrons. The number of azo groups is 1. The number of rotatable bonds is 1. The molecule has 1 aliphatic carbocycles. The zero-order valence-electron chi connectivity index (χ0n) is 8.09. The first-order valence-electron chi connectivity index (χ1n) is 4.69. The van der Waals surface area contributed by atoms with Crippen LogP contribution < -0.4 is 0 Å².